The number of hydrogen-bond donors (Lipinski definition) is 1. The monoisotopic (exact) mass is 448 g/mol. The highest BCUT2D eigenvalue weighted by atomic mass is 32.1. The Morgan fingerprint density at radius 3 is 2.56 bits per heavy atom. The van der Waals surface area contributed by atoms with Crippen LogP contribution in [0.25, 0.3) is 0 Å². The average molecular weight is 449 g/mol. The summed E-state index contributed by atoms with van der Waals surface area (Å²) in [5.74, 6) is -0.442. The minimum absolute atomic E-state index is 0.144. The summed E-state index contributed by atoms with van der Waals surface area (Å²) < 4.78 is 3.86. The molecular weight excluding hydrogens is 420 g/mol. The molecule has 166 valence electrons. The molecule has 1 atom stereocenters. The van der Waals surface area contributed by atoms with Crippen molar-refractivity contribution in [3.63, 3.8) is 0 Å². The fourth-order valence-electron chi connectivity index (χ4n) is 4.31. The van der Waals surface area contributed by atoms with Gasteiger partial charge in [0.1, 0.15) is 6.04 Å². The molecule has 1 fully saturated rings. The zero-order chi connectivity index (χ0) is 22.3. The van der Waals surface area contributed by atoms with E-state index >= 15 is 0 Å². The number of aryl methyl sites for hydroxylation is 1. The van der Waals surface area contributed by atoms with Crippen molar-refractivity contribution in [1.29, 1.82) is 0 Å². The van der Waals surface area contributed by atoms with Crippen LogP contribution in [-0.4, -0.2) is 32.3 Å². The SMILES string of the molecule is Cc1cccc([C@@H](C(=O)NC2CCCCC2)N(Cc2ccccc2)C(=O)c2csnn2)c1. The third kappa shape index (κ3) is 5.40. The molecule has 2 amide bonds. The number of carbonyl (C=O) groups excluding carboxylic acids is 2. The minimum atomic E-state index is -0.758. The van der Waals surface area contributed by atoms with Crippen molar-refractivity contribution < 1.29 is 9.59 Å². The molecule has 1 heterocycles. The van der Waals surface area contributed by atoms with Crippen LogP contribution in [0.2, 0.25) is 0 Å². The average Bonchev–Trinajstić information content (AvgIpc) is 3.35. The first-order valence-corrected chi connectivity index (χ1v) is 11.9. The summed E-state index contributed by atoms with van der Waals surface area (Å²) in [5.41, 5.74) is 3.05. The van der Waals surface area contributed by atoms with Gasteiger partial charge in [0.05, 0.1) is 0 Å². The third-order valence-electron chi connectivity index (χ3n) is 5.91. The molecule has 2 aromatic carbocycles. The number of hydrogen-bond acceptors (Lipinski definition) is 5. The van der Waals surface area contributed by atoms with E-state index in [1.165, 1.54) is 6.42 Å². The van der Waals surface area contributed by atoms with E-state index in [0.29, 0.717) is 6.54 Å². The summed E-state index contributed by atoms with van der Waals surface area (Å²) in [6.45, 7) is 2.29. The predicted octanol–water partition coefficient (Wildman–Crippen LogP) is 4.68. The first-order chi connectivity index (χ1) is 15.6. The molecule has 3 aromatic rings. The second-order valence-corrected chi connectivity index (χ2v) is 8.98. The lowest BCUT2D eigenvalue weighted by molar-refractivity contribution is -0.127. The normalized spacial score (nSPS) is 15.2. The van der Waals surface area contributed by atoms with Crippen molar-refractivity contribution in [3.8, 4) is 0 Å². The van der Waals surface area contributed by atoms with Gasteiger partial charge in [0.2, 0.25) is 5.91 Å². The van der Waals surface area contributed by atoms with Crippen molar-refractivity contribution >= 4 is 23.3 Å². The molecule has 1 aliphatic rings. The lowest BCUT2D eigenvalue weighted by Gasteiger charge is -2.33. The van der Waals surface area contributed by atoms with Crippen LogP contribution in [0.4, 0.5) is 0 Å². The van der Waals surface area contributed by atoms with Crippen LogP contribution < -0.4 is 5.32 Å². The summed E-state index contributed by atoms with van der Waals surface area (Å²) in [7, 11) is 0. The highest BCUT2D eigenvalue weighted by molar-refractivity contribution is 7.03. The van der Waals surface area contributed by atoms with Gasteiger partial charge in [-0.1, -0.05) is 83.9 Å². The Hall–Kier alpha value is -3.06. The Kier molecular flexibility index (Phi) is 7.27. The van der Waals surface area contributed by atoms with Crippen LogP contribution in [0.5, 0.6) is 0 Å². The number of amides is 2. The van der Waals surface area contributed by atoms with Crippen LogP contribution in [0.15, 0.2) is 60.0 Å². The van der Waals surface area contributed by atoms with E-state index in [-0.39, 0.29) is 23.6 Å². The molecule has 1 saturated carbocycles. The summed E-state index contributed by atoms with van der Waals surface area (Å²) in [6.07, 6.45) is 5.42. The molecule has 7 heteroatoms. The maximum absolute atomic E-state index is 13.7. The van der Waals surface area contributed by atoms with E-state index in [1.54, 1.807) is 10.3 Å². The van der Waals surface area contributed by atoms with Gasteiger partial charge in [-0.2, -0.15) is 0 Å². The molecule has 4 rings (SSSR count). The van der Waals surface area contributed by atoms with E-state index in [0.717, 1.165) is 53.9 Å². The maximum atomic E-state index is 13.7. The van der Waals surface area contributed by atoms with Gasteiger partial charge >= 0.3 is 0 Å². The third-order valence-corrected chi connectivity index (χ3v) is 6.41. The quantitative estimate of drug-likeness (QED) is 0.569. The zero-order valence-electron chi connectivity index (χ0n) is 18.2. The van der Waals surface area contributed by atoms with Gasteiger partial charge < -0.3 is 10.2 Å². The maximum Gasteiger partial charge on any atom is 0.276 e. The summed E-state index contributed by atoms with van der Waals surface area (Å²) in [6, 6.07) is 17.0. The summed E-state index contributed by atoms with van der Waals surface area (Å²) in [4.78, 5) is 28.9. The van der Waals surface area contributed by atoms with Crippen molar-refractivity contribution in [2.24, 2.45) is 0 Å². The standard InChI is InChI=1S/C25H28N4O2S/c1-18-9-8-12-20(15-18)23(24(30)26-21-13-6-3-7-14-21)29(16-19-10-4-2-5-11-19)25(31)22-17-32-28-27-22/h2,4-5,8-12,15,17,21,23H,3,6-7,13-14,16H2,1H3,(H,26,30)/t23-/m0/s1. The van der Waals surface area contributed by atoms with Crippen LogP contribution >= 0.6 is 11.5 Å². The second-order valence-electron chi connectivity index (χ2n) is 8.37. The smallest absolute Gasteiger partial charge is 0.276 e. The highest BCUT2D eigenvalue weighted by Crippen LogP contribution is 2.27. The molecule has 0 saturated heterocycles. The second kappa shape index (κ2) is 10.5. The van der Waals surface area contributed by atoms with Crippen molar-refractivity contribution in [2.75, 3.05) is 0 Å². The highest BCUT2D eigenvalue weighted by Gasteiger charge is 2.34. The largest absolute Gasteiger partial charge is 0.351 e. The van der Waals surface area contributed by atoms with Crippen molar-refractivity contribution in [1.82, 2.24) is 19.8 Å². The first-order valence-electron chi connectivity index (χ1n) is 11.1. The number of aromatic nitrogens is 2. The van der Waals surface area contributed by atoms with E-state index in [2.05, 4.69) is 14.9 Å². The van der Waals surface area contributed by atoms with Crippen LogP contribution in [0, 0.1) is 6.92 Å². The summed E-state index contributed by atoms with van der Waals surface area (Å²) in [5, 5.41) is 8.86. The number of carbonyl (C=O) groups is 2. The molecule has 0 radical (unpaired) electrons. The lowest BCUT2D eigenvalue weighted by atomic mass is 9.94. The van der Waals surface area contributed by atoms with Crippen LogP contribution in [0.3, 0.4) is 0 Å². The molecule has 1 aliphatic carbocycles. The lowest BCUT2D eigenvalue weighted by Crippen LogP contribution is -2.47. The van der Waals surface area contributed by atoms with Crippen LogP contribution in [-0.2, 0) is 11.3 Å². The molecule has 1 aromatic heterocycles. The molecule has 1 N–H and O–H groups in total. The molecule has 6 nitrogen and oxygen atoms in total. The molecule has 0 unspecified atom stereocenters. The molecular formula is C25H28N4O2S. The minimum Gasteiger partial charge on any atom is -0.351 e. The van der Waals surface area contributed by atoms with Gasteiger partial charge in [0.15, 0.2) is 5.69 Å². The zero-order valence-corrected chi connectivity index (χ0v) is 19.1. The fourth-order valence-corrected chi connectivity index (χ4v) is 4.74. The Bertz CT molecular complexity index is 1030. The topological polar surface area (TPSA) is 75.2 Å². The number of nitrogens with zero attached hydrogens (tertiary/aromatic N) is 3. The molecule has 0 bridgehead atoms. The van der Waals surface area contributed by atoms with Gasteiger partial charge in [-0.15, -0.1) is 5.10 Å². The Morgan fingerprint density at radius 1 is 1.09 bits per heavy atom. The van der Waals surface area contributed by atoms with Crippen molar-refractivity contribution in [2.45, 2.75) is 57.7 Å². The predicted molar refractivity (Wildman–Crippen MR) is 125 cm³/mol. The van der Waals surface area contributed by atoms with Gasteiger partial charge in [0.25, 0.3) is 5.91 Å². The van der Waals surface area contributed by atoms with Gasteiger partial charge in [-0.05, 0) is 42.4 Å². The van der Waals surface area contributed by atoms with E-state index in [4.69, 9.17) is 0 Å². The van der Waals surface area contributed by atoms with E-state index in [9.17, 15) is 9.59 Å². The number of rotatable bonds is 7. The Balaban J connectivity index is 1.72. The molecule has 0 spiro atoms. The van der Waals surface area contributed by atoms with E-state index in [1.807, 2.05) is 61.5 Å². The number of benzene rings is 2. The van der Waals surface area contributed by atoms with E-state index < -0.39 is 6.04 Å². The van der Waals surface area contributed by atoms with Crippen molar-refractivity contribution in [3.05, 3.63) is 82.4 Å². The molecule has 0 aliphatic heterocycles. The summed E-state index contributed by atoms with van der Waals surface area (Å²) >= 11 is 1.13. The van der Waals surface area contributed by atoms with Gasteiger partial charge in [-0.3, -0.25) is 9.59 Å². The molecule has 32 heavy (non-hydrogen) atoms. The Labute approximate surface area is 192 Å². The first kappa shape index (κ1) is 22.1. The Morgan fingerprint density at radius 2 is 1.88 bits per heavy atom. The van der Waals surface area contributed by atoms with Gasteiger partial charge in [-0.25, -0.2) is 0 Å². The fraction of sp³-hybridized carbons (Fsp3) is 0.360. The van der Waals surface area contributed by atoms with Crippen LogP contribution in [0.1, 0.15) is 65.3 Å². The number of nitrogens with one attached hydrogen (secondary N) is 1. The van der Waals surface area contributed by atoms with Gasteiger partial charge in [0, 0.05) is 18.0 Å².